The summed E-state index contributed by atoms with van der Waals surface area (Å²) in [6.45, 7) is 0.188. The van der Waals surface area contributed by atoms with Crippen LogP contribution in [0.3, 0.4) is 0 Å². The lowest BCUT2D eigenvalue weighted by Crippen LogP contribution is -2.18. The Kier molecular flexibility index (Phi) is 5.55. The maximum absolute atomic E-state index is 13.1. The number of halogens is 3. The number of alkyl halides is 3. The lowest BCUT2D eigenvalue weighted by molar-refractivity contribution is -0.274. The summed E-state index contributed by atoms with van der Waals surface area (Å²) in [6, 6.07) is 10.9. The minimum Gasteiger partial charge on any atom is -0.495 e. The summed E-state index contributed by atoms with van der Waals surface area (Å²) >= 11 is 0. The van der Waals surface area contributed by atoms with Gasteiger partial charge in [0.2, 0.25) is 0 Å². The van der Waals surface area contributed by atoms with Crippen molar-refractivity contribution >= 4 is 27.8 Å². The van der Waals surface area contributed by atoms with Gasteiger partial charge in [0.05, 0.1) is 13.7 Å². The first kappa shape index (κ1) is 20.7. The maximum atomic E-state index is 13.1. The number of rotatable bonds is 7. The number of nitrogens with one attached hydrogen (secondary N) is 1. The van der Waals surface area contributed by atoms with Gasteiger partial charge in [0.25, 0.3) is 0 Å². The molecule has 1 N–H and O–H groups in total. The Morgan fingerprint density at radius 2 is 2.00 bits per heavy atom. The van der Waals surface area contributed by atoms with Gasteiger partial charge in [-0.2, -0.15) is 5.10 Å². The minimum absolute atomic E-state index is 0.0310. The molecule has 0 spiro atoms. The van der Waals surface area contributed by atoms with Crippen molar-refractivity contribution in [3.8, 4) is 11.5 Å². The van der Waals surface area contributed by atoms with Crippen molar-refractivity contribution in [2.75, 3.05) is 11.8 Å². The summed E-state index contributed by atoms with van der Waals surface area (Å²) in [5.41, 5.74) is 0.479. The van der Waals surface area contributed by atoms with Crippen LogP contribution in [0, 0.1) is 0 Å². The molecule has 2 heterocycles. The Balaban J connectivity index is 1.73. The third-order valence-corrected chi connectivity index (χ3v) is 5.30. The average molecular weight is 452 g/mol. The molecule has 0 aliphatic rings. The van der Waals surface area contributed by atoms with Gasteiger partial charge in [0.1, 0.15) is 21.8 Å². The van der Waals surface area contributed by atoms with Crippen LogP contribution in [0.2, 0.25) is 0 Å². The SMILES string of the molecule is COc1ccccc1S(=O)Nc1noc2cc(Cn3cccn3)cc(OC(F)(F)F)c12. The van der Waals surface area contributed by atoms with Crippen LogP contribution in [0.15, 0.2) is 64.3 Å². The summed E-state index contributed by atoms with van der Waals surface area (Å²) in [6.07, 6.45) is -1.73. The van der Waals surface area contributed by atoms with Gasteiger partial charge < -0.3 is 14.0 Å². The number of benzene rings is 2. The second-order valence-electron chi connectivity index (χ2n) is 6.27. The van der Waals surface area contributed by atoms with Gasteiger partial charge in [-0.05, 0) is 35.9 Å². The zero-order valence-electron chi connectivity index (χ0n) is 15.9. The van der Waals surface area contributed by atoms with E-state index in [0.717, 1.165) is 0 Å². The smallest absolute Gasteiger partial charge is 0.495 e. The number of para-hydroxylation sites is 1. The Hall–Kier alpha value is -3.54. The van der Waals surface area contributed by atoms with Crippen LogP contribution < -0.4 is 14.2 Å². The number of fused-ring (bicyclic) bond motifs is 1. The number of aromatic nitrogens is 3. The molecule has 0 bridgehead atoms. The molecule has 4 rings (SSSR count). The van der Waals surface area contributed by atoms with E-state index in [2.05, 4.69) is 19.7 Å². The molecule has 2 aromatic carbocycles. The highest BCUT2D eigenvalue weighted by Crippen LogP contribution is 2.37. The van der Waals surface area contributed by atoms with E-state index in [0.29, 0.717) is 11.3 Å². The zero-order valence-corrected chi connectivity index (χ0v) is 16.7. The van der Waals surface area contributed by atoms with Crippen LogP contribution in [-0.4, -0.2) is 32.6 Å². The fraction of sp³-hybridized carbons (Fsp3) is 0.158. The van der Waals surface area contributed by atoms with Crippen LogP contribution >= 0.6 is 0 Å². The topological polar surface area (TPSA) is 91.4 Å². The van der Waals surface area contributed by atoms with Crippen molar-refractivity contribution in [3.05, 3.63) is 60.4 Å². The van der Waals surface area contributed by atoms with E-state index in [9.17, 15) is 17.4 Å². The Bertz CT molecular complexity index is 1220. The van der Waals surface area contributed by atoms with Crippen molar-refractivity contribution in [1.82, 2.24) is 14.9 Å². The molecule has 0 saturated heterocycles. The molecule has 0 saturated carbocycles. The molecule has 12 heteroatoms. The molecular formula is C19H15F3N4O4S. The maximum Gasteiger partial charge on any atom is 0.573 e. The van der Waals surface area contributed by atoms with Crippen LogP contribution in [0.25, 0.3) is 11.0 Å². The number of anilines is 1. The van der Waals surface area contributed by atoms with Crippen LogP contribution in [0.1, 0.15) is 5.56 Å². The molecule has 8 nitrogen and oxygen atoms in total. The summed E-state index contributed by atoms with van der Waals surface area (Å²) in [5, 5.41) is 7.70. The monoisotopic (exact) mass is 452 g/mol. The van der Waals surface area contributed by atoms with Crippen molar-refractivity contribution in [2.24, 2.45) is 0 Å². The van der Waals surface area contributed by atoms with Gasteiger partial charge in [-0.1, -0.05) is 17.3 Å². The molecule has 0 fully saturated rings. The average Bonchev–Trinajstić information content (AvgIpc) is 3.37. The molecule has 162 valence electrons. The van der Waals surface area contributed by atoms with Gasteiger partial charge in [-0.15, -0.1) is 13.2 Å². The molecule has 0 aliphatic heterocycles. The highest BCUT2D eigenvalue weighted by Gasteiger charge is 2.33. The number of nitrogens with zero attached hydrogens (tertiary/aromatic N) is 3. The molecule has 0 aliphatic carbocycles. The number of ether oxygens (including phenoxy) is 2. The Labute approximate surface area is 176 Å². The largest absolute Gasteiger partial charge is 0.573 e. The minimum atomic E-state index is -4.95. The van der Waals surface area contributed by atoms with E-state index in [1.165, 1.54) is 23.9 Å². The number of methoxy groups -OCH3 is 1. The quantitative estimate of drug-likeness (QED) is 0.454. The predicted octanol–water partition coefficient (Wildman–Crippen LogP) is 4.11. The molecule has 1 unspecified atom stereocenters. The predicted molar refractivity (Wildman–Crippen MR) is 105 cm³/mol. The first-order chi connectivity index (χ1) is 14.8. The molecule has 31 heavy (non-hydrogen) atoms. The van der Waals surface area contributed by atoms with Gasteiger partial charge in [0.15, 0.2) is 22.4 Å². The van der Waals surface area contributed by atoms with Crippen molar-refractivity contribution in [2.45, 2.75) is 17.8 Å². The lowest BCUT2D eigenvalue weighted by atomic mass is 10.1. The van der Waals surface area contributed by atoms with E-state index < -0.39 is 23.1 Å². The molecule has 1 atom stereocenters. The third kappa shape index (κ3) is 4.63. The standard InChI is InChI=1S/C19H15F3N4O4S/c1-28-13-5-2-3-6-16(13)31(27)25-18-17-14(29-19(20,21)22)9-12(10-15(17)30-24-18)11-26-8-4-7-23-26/h2-10H,11H2,1H3,(H,24,25). The summed E-state index contributed by atoms with van der Waals surface area (Å²) in [7, 11) is -0.477. The lowest BCUT2D eigenvalue weighted by Gasteiger charge is -2.12. The van der Waals surface area contributed by atoms with E-state index >= 15 is 0 Å². The number of hydrogen-bond acceptors (Lipinski definition) is 6. The van der Waals surface area contributed by atoms with E-state index in [1.54, 1.807) is 42.7 Å². The summed E-state index contributed by atoms with van der Waals surface area (Å²) < 4.78 is 70.6. The second-order valence-corrected chi connectivity index (χ2v) is 7.45. The first-order valence-electron chi connectivity index (χ1n) is 8.81. The molecular weight excluding hydrogens is 437 g/mol. The molecule has 2 aromatic heterocycles. The Morgan fingerprint density at radius 1 is 1.19 bits per heavy atom. The highest BCUT2D eigenvalue weighted by atomic mass is 32.2. The molecule has 0 radical (unpaired) electrons. The fourth-order valence-corrected chi connectivity index (χ4v) is 3.91. The fourth-order valence-electron chi connectivity index (χ4n) is 2.95. The van der Waals surface area contributed by atoms with Gasteiger partial charge in [-0.25, -0.2) is 4.21 Å². The van der Waals surface area contributed by atoms with E-state index in [4.69, 9.17) is 9.26 Å². The van der Waals surface area contributed by atoms with Gasteiger partial charge in [-0.3, -0.25) is 9.40 Å². The third-order valence-electron chi connectivity index (χ3n) is 4.19. The Morgan fingerprint density at radius 3 is 2.71 bits per heavy atom. The summed E-state index contributed by atoms with van der Waals surface area (Å²) in [4.78, 5) is 0.287. The normalized spacial score (nSPS) is 12.6. The van der Waals surface area contributed by atoms with Crippen molar-refractivity contribution in [1.29, 1.82) is 0 Å². The van der Waals surface area contributed by atoms with E-state index in [1.807, 2.05) is 0 Å². The number of hydrogen-bond donors (Lipinski definition) is 1. The van der Waals surface area contributed by atoms with Crippen molar-refractivity contribution in [3.63, 3.8) is 0 Å². The van der Waals surface area contributed by atoms with Crippen LogP contribution in [0.4, 0.5) is 19.0 Å². The zero-order chi connectivity index (χ0) is 22.0. The molecule has 0 amide bonds. The van der Waals surface area contributed by atoms with Gasteiger partial charge in [0, 0.05) is 12.4 Å². The van der Waals surface area contributed by atoms with E-state index in [-0.39, 0.29) is 28.2 Å². The molecule has 4 aromatic rings. The second kappa shape index (κ2) is 8.30. The first-order valence-corrected chi connectivity index (χ1v) is 9.96. The van der Waals surface area contributed by atoms with Crippen LogP contribution in [0.5, 0.6) is 11.5 Å². The highest BCUT2D eigenvalue weighted by molar-refractivity contribution is 7.86. The van der Waals surface area contributed by atoms with Gasteiger partial charge >= 0.3 is 6.36 Å². The van der Waals surface area contributed by atoms with Crippen LogP contribution in [-0.2, 0) is 17.5 Å². The van der Waals surface area contributed by atoms with Crippen molar-refractivity contribution < 1.29 is 31.4 Å². The summed E-state index contributed by atoms with van der Waals surface area (Å²) in [5.74, 6) is -0.355.